The largest absolute Gasteiger partial charge is 0.385 e. The highest BCUT2D eigenvalue weighted by Gasteiger charge is 2.26. The first-order valence-electron chi connectivity index (χ1n) is 8.68. The van der Waals surface area contributed by atoms with E-state index < -0.39 is 5.60 Å². The van der Waals surface area contributed by atoms with E-state index in [4.69, 9.17) is 0 Å². The van der Waals surface area contributed by atoms with E-state index in [1.54, 1.807) is 23.9 Å². The van der Waals surface area contributed by atoms with Crippen LogP contribution in [0.4, 0.5) is 5.82 Å². The normalized spacial score (nSPS) is 13.2. The number of aromatic nitrogens is 2. The summed E-state index contributed by atoms with van der Waals surface area (Å²) in [5.41, 5.74) is 0.709. The van der Waals surface area contributed by atoms with Gasteiger partial charge in [0.25, 0.3) is 0 Å². The predicted octanol–water partition coefficient (Wildman–Crippen LogP) is 3.36. The Kier molecular flexibility index (Phi) is 5.49. The molecular formula is C21H23N3O2. The number of anilines is 1. The maximum Gasteiger partial charge on any atom is 0.228 e. The van der Waals surface area contributed by atoms with Gasteiger partial charge in [0, 0.05) is 12.6 Å². The zero-order chi connectivity index (χ0) is 18.4. The molecule has 1 amide bonds. The number of hydrogen-bond acceptors (Lipinski definition) is 3. The fourth-order valence-corrected chi connectivity index (χ4v) is 2.90. The lowest BCUT2D eigenvalue weighted by molar-refractivity contribution is -0.120. The maximum atomic E-state index is 12.4. The second kappa shape index (κ2) is 7.97. The molecule has 2 aromatic carbocycles. The molecule has 0 radical (unpaired) electrons. The minimum atomic E-state index is -1.22. The van der Waals surface area contributed by atoms with Gasteiger partial charge in [-0.05, 0) is 24.5 Å². The standard InChI is InChI=1S/C21H23N3O2/c1-21(26,18-10-6-3-7-11-18)16-20(25)23-19-12-14-22-24(19)15-13-17-8-4-2-5-9-17/h2-12,14,26H,13,15-16H2,1H3,(H,23,25). The Morgan fingerprint density at radius 1 is 1.08 bits per heavy atom. The molecule has 0 spiro atoms. The molecule has 0 saturated carbocycles. The number of aliphatic hydroxyl groups is 1. The number of carbonyl (C=O) groups excluding carboxylic acids is 1. The van der Waals surface area contributed by atoms with E-state index in [9.17, 15) is 9.90 Å². The average Bonchev–Trinajstić information content (AvgIpc) is 3.08. The first-order valence-corrected chi connectivity index (χ1v) is 8.68. The molecule has 1 atom stereocenters. The van der Waals surface area contributed by atoms with Crippen molar-refractivity contribution in [1.29, 1.82) is 0 Å². The number of hydrogen-bond donors (Lipinski definition) is 2. The molecule has 0 saturated heterocycles. The predicted molar refractivity (Wildman–Crippen MR) is 102 cm³/mol. The average molecular weight is 349 g/mol. The summed E-state index contributed by atoms with van der Waals surface area (Å²) in [4.78, 5) is 12.4. The molecule has 1 unspecified atom stereocenters. The van der Waals surface area contributed by atoms with E-state index in [0.29, 0.717) is 17.9 Å². The highest BCUT2D eigenvalue weighted by Crippen LogP contribution is 2.24. The van der Waals surface area contributed by atoms with Crippen LogP contribution in [-0.2, 0) is 23.4 Å². The summed E-state index contributed by atoms with van der Waals surface area (Å²) in [6.07, 6.45) is 2.46. The quantitative estimate of drug-likeness (QED) is 0.687. The summed E-state index contributed by atoms with van der Waals surface area (Å²) in [7, 11) is 0. The lowest BCUT2D eigenvalue weighted by atomic mass is 9.92. The van der Waals surface area contributed by atoms with Crippen molar-refractivity contribution in [2.24, 2.45) is 0 Å². The van der Waals surface area contributed by atoms with Crippen LogP contribution < -0.4 is 5.32 Å². The fourth-order valence-electron chi connectivity index (χ4n) is 2.90. The van der Waals surface area contributed by atoms with Crippen molar-refractivity contribution in [3.05, 3.63) is 84.1 Å². The van der Waals surface area contributed by atoms with E-state index in [1.165, 1.54) is 5.56 Å². The van der Waals surface area contributed by atoms with Gasteiger partial charge in [-0.1, -0.05) is 60.7 Å². The summed E-state index contributed by atoms with van der Waals surface area (Å²) >= 11 is 0. The molecule has 1 heterocycles. The number of rotatable bonds is 7. The third-order valence-corrected chi connectivity index (χ3v) is 4.34. The van der Waals surface area contributed by atoms with Crippen LogP contribution in [0.2, 0.25) is 0 Å². The van der Waals surface area contributed by atoms with Gasteiger partial charge in [0.15, 0.2) is 0 Å². The topological polar surface area (TPSA) is 67.2 Å². The Morgan fingerprint density at radius 2 is 1.73 bits per heavy atom. The van der Waals surface area contributed by atoms with Crippen LogP contribution in [0.3, 0.4) is 0 Å². The van der Waals surface area contributed by atoms with Crippen LogP contribution in [0.25, 0.3) is 0 Å². The summed E-state index contributed by atoms with van der Waals surface area (Å²) in [6.45, 7) is 2.32. The van der Waals surface area contributed by atoms with Gasteiger partial charge in [0.05, 0.1) is 18.2 Å². The number of aryl methyl sites for hydroxylation is 2. The lowest BCUT2D eigenvalue weighted by Gasteiger charge is -2.23. The second-order valence-corrected chi connectivity index (χ2v) is 6.54. The monoisotopic (exact) mass is 349 g/mol. The van der Waals surface area contributed by atoms with Crippen LogP contribution >= 0.6 is 0 Å². The van der Waals surface area contributed by atoms with Crippen molar-refractivity contribution in [1.82, 2.24) is 9.78 Å². The van der Waals surface area contributed by atoms with Gasteiger partial charge in [0.2, 0.25) is 5.91 Å². The van der Waals surface area contributed by atoms with Crippen molar-refractivity contribution in [3.8, 4) is 0 Å². The van der Waals surface area contributed by atoms with Gasteiger partial charge in [-0.25, -0.2) is 4.68 Å². The molecule has 134 valence electrons. The molecule has 26 heavy (non-hydrogen) atoms. The molecule has 0 aliphatic rings. The zero-order valence-electron chi connectivity index (χ0n) is 14.8. The van der Waals surface area contributed by atoms with E-state index >= 15 is 0 Å². The highest BCUT2D eigenvalue weighted by molar-refractivity contribution is 5.90. The number of carbonyl (C=O) groups is 1. The molecule has 5 heteroatoms. The van der Waals surface area contributed by atoms with Crippen molar-refractivity contribution >= 4 is 11.7 Å². The maximum absolute atomic E-state index is 12.4. The van der Waals surface area contributed by atoms with Gasteiger partial charge in [-0.15, -0.1) is 0 Å². The first kappa shape index (κ1) is 17.9. The van der Waals surface area contributed by atoms with Crippen LogP contribution in [0.5, 0.6) is 0 Å². The van der Waals surface area contributed by atoms with E-state index in [-0.39, 0.29) is 12.3 Å². The van der Waals surface area contributed by atoms with Crippen molar-refractivity contribution in [2.45, 2.75) is 31.9 Å². The second-order valence-electron chi connectivity index (χ2n) is 6.54. The third-order valence-electron chi connectivity index (χ3n) is 4.34. The van der Waals surface area contributed by atoms with Crippen LogP contribution in [0.15, 0.2) is 72.9 Å². The Hall–Kier alpha value is -2.92. The summed E-state index contributed by atoms with van der Waals surface area (Å²) in [6, 6.07) is 21.1. The molecule has 0 fully saturated rings. The summed E-state index contributed by atoms with van der Waals surface area (Å²) in [5, 5.41) is 17.8. The Bertz CT molecular complexity index is 842. The lowest BCUT2D eigenvalue weighted by Crippen LogP contribution is -2.29. The third kappa shape index (κ3) is 4.58. The molecule has 1 aromatic heterocycles. The van der Waals surface area contributed by atoms with Gasteiger partial charge in [-0.2, -0.15) is 5.10 Å². The molecule has 2 N–H and O–H groups in total. The van der Waals surface area contributed by atoms with Gasteiger partial charge >= 0.3 is 0 Å². The Morgan fingerprint density at radius 3 is 2.42 bits per heavy atom. The molecule has 0 bridgehead atoms. The number of nitrogens with one attached hydrogen (secondary N) is 1. The minimum Gasteiger partial charge on any atom is -0.385 e. The summed E-state index contributed by atoms with van der Waals surface area (Å²) < 4.78 is 1.77. The highest BCUT2D eigenvalue weighted by atomic mass is 16.3. The SMILES string of the molecule is CC(O)(CC(=O)Nc1ccnn1CCc1ccccc1)c1ccccc1. The number of nitrogens with zero attached hydrogens (tertiary/aromatic N) is 2. The van der Waals surface area contributed by atoms with Gasteiger partial charge in [0.1, 0.15) is 5.82 Å². The molecular weight excluding hydrogens is 326 g/mol. The molecule has 0 aliphatic carbocycles. The summed E-state index contributed by atoms with van der Waals surface area (Å²) in [5.74, 6) is 0.384. The number of benzene rings is 2. The Balaban J connectivity index is 1.61. The molecule has 0 aliphatic heterocycles. The van der Waals surface area contributed by atoms with Crippen LogP contribution in [0, 0.1) is 0 Å². The fraction of sp³-hybridized carbons (Fsp3) is 0.238. The van der Waals surface area contributed by atoms with E-state index in [0.717, 1.165) is 6.42 Å². The minimum absolute atomic E-state index is 0.0269. The molecule has 3 aromatic rings. The van der Waals surface area contributed by atoms with E-state index in [2.05, 4.69) is 22.5 Å². The first-order chi connectivity index (χ1) is 12.5. The molecule has 5 nitrogen and oxygen atoms in total. The van der Waals surface area contributed by atoms with Crippen molar-refractivity contribution in [3.63, 3.8) is 0 Å². The smallest absolute Gasteiger partial charge is 0.228 e. The van der Waals surface area contributed by atoms with Crippen molar-refractivity contribution in [2.75, 3.05) is 5.32 Å². The van der Waals surface area contributed by atoms with Crippen LogP contribution in [0.1, 0.15) is 24.5 Å². The van der Waals surface area contributed by atoms with Gasteiger partial charge < -0.3 is 10.4 Å². The van der Waals surface area contributed by atoms with Crippen LogP contribution in [-0.4, -0.2) is 20.8 Å². The Labute approximate surface area is 153 Å². The van der Waals surface area contributed by atoms with E-state index in [1.807, 2.05) is 48.5 Å². The van der Waals surface area contributed by atoms with Crippen molar-refractivity contribution < 1.29 is 9.90 Å². The zero-order valence-corrected chi connectivity index (χ0v) is 14.8. The molecule has 3 rings (SSSR count). The number of amides is 1. The van der Waals surface area contributed by atoms with Gasteiger partial charge in [-0.3, -0.25) is 4.79 Å².